The van der Waals surface area contributed by atoms with Crippen LogP contribution in [0.25, 0.3) is 0 Å². The molecule has 146 valence electrons. The number of rotatable bonds is 8. The maximum atomic E-state index is 5.68. The number of piperazine rings is 1. The van der Waals surface area contributed by atoms with Crippen molar-refractivity contribution in [3.05, 3.63) is 22.2 Å². The van der Waals surface area contributed by atoms with Crippen molar-refractivity contribution in [1.82, 2.24) is 10.2 Å². The van der Waals surface area contributed by atoms with E-state index >= 15 is 0 Å². The second kappa shape index (κ2) is 13.0. The Labute approximate surface area is 173 Å². The Morgan fingerprint density at radius 1 is 1.08 bits per heavy atom. The van der Waals surface area contributed by atoms with E-state index in [2.05, 4.69) is 39.1 Å². The van der Waals surface area contributed by atoms with E-state index in [4.69, 9.17) is 9.47 Å². The zero-order valence-electron chi connectivity index (χ0n) is 15.3. The van der Waals surface area contributed by atoms with Gasteiger partial charge in [-0.2, -0.15) is 0 Å². The largest absolute Gasteiger partial charge is 0.496 e. The summed E-state index contributed by atoms with van der Waals surface area (Å²) in [4.78, 5) is 2.58. The maximum absolute atomic E-state index is 5.68. The van der Waals surface area contributed by atoms with Crippen LogP contribution in [-0.2, 0) is 0 Å². The highest BCUT2D eigenvalue weighted by atomic mass is 79.9. The minimum atomic E-state index is 0. The van der Waals surface area contributed by atoms with E-state index in [1.165, 1.54) is 24.8 Å². The van der Waals surface area contributed by atoms with Gasteiger partial charge in [-0.25, -0.2) is 0 Å². The van der Waals surface area contributed by atoms with Gasteiger partial charge in [0, 0.05) is 37.8 Å². The van der Waals surface area contributed by atoms with Crippen molar-refractivity contribution < 1.29 is 9.47 Å². The molecule has 1 aromatic rings. The number of halogens is 3. The quantitative estimate of drug-likeness (QED) is 0.566. The number of nitrogens with zero attached hydrogens (tertiary/aromatic N) is 1. The SMILES string of the molecule is CCCCC[C@H](c1cc(OC)c(Br)cc1OC)N1CCNCC1.Cl.Cl. The van der Waals surface area contributed by atoms with Crippen LogP contribution >= 0.6 is 40.7 Å². The van der Waals surface area contributed by atoms with Crippen LogP contribution in [0.4, 0.5) is 0 Å². The van der Waals surface area contributed by atoms with Gasteiger partial charge in [-0.15, -0.1) is 24.8 Å². The molecule has 0 amide bonds. The van der Waals surface area contributed by atoms with Crippen LogP contribution in [0, 0.1) is 0 Å². The van der Waals surface area contributed by atoms with E-state index in [9.17, 15) is 0 Å². The minimum absolute atomic E-state index is 0. The van der Waals surface area contributed by atoms with Crippen LogP contribution in [0.5, 0.6) is 11.5 Å². The third kappa shape index (κ3) is 6.79. The molecular formula is C18H31BrCl2N2O2. The molecule has 1 heterocycles. The van der Waals surface area contributed by atoms with Crippen LogP contribution < -0.4 is 14.8 Å². The molecule has 0 aliphatic carbocycles. The zero-order valence-corrected chi connectivity index (χ0v) is 18.6. The highest BCUT2D eigenvalue weighted by Crippen LogP contribution is 2.39. The maximum Gasteiger partial charge on any atom is 0.133 e. The summed E-state index contributed by atoms with van der Waals surface area (Å²) in [5, 5.41) is 3.44. The first-order valence-electron chi connectivity index (χ1n) is 8.57. The van der Waals surface area contributed by atoms with E-state index in [1.807, 2.05) is 6.07 Å². The van der Waals surface area contributed by atoms with Gasteiger partial charge in [0.05, 0.1) is 18.7 Å². The number of hydrogen-bond acceptors (Lipinski definition) is 4. The van der Waals surface area contributed by atoms with Gasteiger partial charge in [0.25, 0.3) is 0 Å². The van der Waals surface area contributed by atoms with Gasteiger partial charge in [-0.05, 0) is 34.5 Å². The first-order chi connectivity index (χ1) is 11.2. The molecule has 0 radical (unpaired) electrons. The van der Waals surface area contributed by atoms with E-state index < -0.39 is 0 Å². The fourth-order valence-electron chi connectivity index (χ4n) is 3.26. The average Bonchev–Trinajstić information content (AvgIpc) is 2.59. The minimum Gasteiger partial charge on any atom is -0.496 e. The summed E-state index contributed by atoms with van der Waals surface area (Å²) in [6.45, 7) is 6.53. The van der Waals surface area contributed by atoms with E-state index in [0.29, 0.717) is 6.04 Å². The molecule has 25 heavy (non-hydrogen) atoms. The van der Waals surface area contributed by atoms with Crippen LogP contribution in [0.3, 0.4) is 0 Å². The molecular weight excluding hydrogens is 427 g/mol. The lowest BCUT2D eigenvalue weighted by molar-refractivity contribution is 0.159. The lowest BCUT2D eigenvalue weighted by Crippen LogP contribution is -2.45. The first kappa shape index (κ1) is 24.8. The molecule has 0 bridgehead atoms. The van der Waals surface area contributed by atoms with Gasteiger partial charge < -0.3 is 14.8 Å². The predicted octanol–water partition coefficient (Wildman–Crippen LogP) is 4.84. The fraction of sp³-hybridized carbons (Fsp3) is 0.667. The molecule has 0 spiro atoms. The molecule has 2 rings (SSSR count). The zero-order chi connectivity index (χ0) is 16.7. The Balaban J connectivity index is 0.00000288. The van der Waals surface area contributed by atoms with Crippen LogP contribution in [0.15, 0.2) is 16.6 Å². The molecule has 1 atom stereocenters. The van der Waals surface area contributed by atoms with Gasteiger partial charge >= 0.3 is 0 Å². The fourth-order valence-corrected chi connectivity index (χ4v) is 3.74. The van der Waals surface area contributed by atoms with E-state index in [-0.39, 0.29) is 24.8 Å². The number of hydrogen-bond donors (Lipinski definition) is 1. The van der Waals surface area contributed by atoms with Crippen molar-refractivity contribution in [2.75, 3.05) is 40.4 Å². The topological polar surface area (TPSA) is 33.7 Å². The Bertz CT molecular complexity index is 500. The lowest BCUT2D eigenvalue weighted by Gasteiger charge is -2.36. The Morgan fingerprint density at radius 3 is 2.28 bits per heavy atom. The summed E-state index contributed by atoms with van der Waals surface area (Å²) in [6.07, 6.45) is 4.93. The first-order valence-corrected chi connectivity index (χ1v) is 9.36. The standard InChI is InChI=1S/C18H29BrN2O2.2ClH/c1-4-5-6-7-16(21-10-8-20-9-11-21)14-12-18(23-3)15(19)13-17(14)22-2;;/h12-13,16,20H,4-11H2,1-3H3;2*1H/t16-;;/m1../s1. The van der Waals surface area contributed by atoms with Crippen LogP contribution in [0.2, 0.25) is 0 Å². The molecule has 1 saturated heterocycles. The van der Waals surface area contributed by atoms with Gasteiger partial charge in [-0.1, -0.05) is 26.2 Å². The summed E-state index contributed by atoms with van der Waals surface area (Å²) in [6, 6.07) is 4.56. The molecule has 1 aliphatic rings. The highest BCUT2D eigenvalue weighted by molar-refractivity contribution is 9.10. The summed E-state index contributed by atoms with van der Waals surface area (Å²) in [7, 11) is 3.46. The van der Waals surface area contributed by atoms with Crippen molar-refractivity contribution in [1.29, 1.82) is 0 Å². The monoisotopic (exact) mass is 456 g/mol. The Hall–Kier alpha value is -0.200. The van der Waals surface area contributed by atoms with E-state index in [0.717, 1.165) is 48.6 Å². The average molecular weight is 458 g/mol. The molecule has 4 nitrogen and oxygen atoms in total. The number of unbranched alkanes of at least 4 members (excludes halogenated alkanes) is 2. The third-order valence-electron chi connectivity index (χ3n) is 4.54. The number of ether oxygens (including phenoxy) is 2. The molecule has 0 aromatic heterocycles. The number of nitrogens with one attached hydrogen (secondary N) is 1. The molecule has 1 fully saturated rings. The molecule has 7 heteroatoms. The summed E-state index contributed by atoms with van der Waals surface area (Å²) >= 11 is 3.56. The Kier molecular flexibility index (Phi) is 12.9. The summed E-state index contributed by atoms with van der Waals surface area (Å²) in [5.41, 5.74) is 1.24. The van der Waals surface area contributed by atoms with Gasteiger partial charge in [0.15, 0.2) is 0 Å². The molecule has 1 N–H and O–H groups in total. The summed E-state index contributed by atoms with van der Waals surface area (Å²) in [5.74, 6) is 1.81. The molecule has 0 saturated carbocycles. The van der Waals surface area contributed by atoms with Crippen molar-refractivity contribution in [2.24, 2.45) is 0 Å². The van der Waals surface area contributed by atoms with E-state index in [1.54, 1.807) is 14.2 Å². The van der Waals surface area contributed by atoms with Gasteiger partial charge in [0.1, 0.15) is 11.5 Å². The van der Waals surface area contributed by atoms with Crippen molar-refractivity contribution >= 4 is 40.7 Å². The predicted molar refractivity (Wildman–Crippen MR) is 113 cm³/mol. The van der Waals surface area contributed by atoms with Crippen LogP contribution in [-0.4, -0.2) is 45.3 Å². The Morgan fingerprint density at radius 2 is 1.72 bits per heavy atom. The second-order valence-corrected chi connectivity index (χ2v) is 6.88. The smallest absolute Gasteiger partial charge is 0.133 e. The summed E-state index contributed by atoms with van der Waals surface area (Å²) < 4.78 is 12.1. The molecule has 1 aliphatic heterocycles. The van der Waals surface area contributed by atoms with Crippen molar-refractivity contribution in [3.63, 3.8) is 0 Å². The number of methoxy groups -OCH3 is 2. The number of benzene rings is 1. The lowest BCUT2D eigenvalue weighted by atomic mass is 9.97. The van der Waals surface area contributed by atoms with Gasteiger partial charge in [-0.3, -0.25) is 4.90 Å². The highest BCUT2D eigenvalue weighted by Gasteiger charge is 2.25. The van der Waals surface area contributed by atoms with Crippen molar-refractivity contribution in [3.8, 4) is 11.5 Å². The van der Waals surface area contributed by atoms with Gasteiger partial charge in [0.2, 0.25) is 0 Å². The van der Waals surface area contributed by atoms with Crippen LogP contribution in [0.1, 0.15) is 44.2 Å². The second-order valence-electron chi connectivity index (χ2n) is 6.03. The molecule has 1 aromatic carbocycles. The normalized spacial score (nSPS) is 15.7. The van der Waals surface area contributed by atoms with Crippen molar-refractivity contribution in [2.45, 2.75) is 38.6 Å². The molecule has 0 unspecified atom stereocenters. The third-order valence-corrected chi connectivity index (χ3v) is 5.16.